The SMILES string of the molecule is Cc1ccc(C(N)=O)c(-c2ccccc2OCC(O)CN2CCC(n3c(=O)[nH]c4ccccc43)CC2)c1. The van der Waals surface area contributed by atoms with Gasteiger partial charge in [-0.1, -0.05) is 48.0 Å². The van der Waals surface area contributed by atoms with Gasteiger partial charge in [0.1, 0.15) is 18.5 Å². The molecular weight excluding hydrogens is 468 g/mol. The van der Waals surface area contributed by atoms with Crippen LogP contribution in [0, 0.1) is 6.92 Å². The number of carbonyl (C=O) groups is 1. The Kier molecular flexibility index (Phi) is 7.12. The fraction of sp³-hybridized carbons (Fsp3) is 0.310. The molecule has 1 atom stereocenters. The molecule has 5 rings (SSSR count). The topological polar surface area (TPSA) is 114 Å². The van der Waals surface area contributed by atoms with Crippen LogP contribution in [0.5, 0.6) is 5.75 Å². The number of piperidine rings is 1. The van der Waals surface area contributed by atoms with Crippen LogP contribution in [0.2, 0.25) is 0 Å². The maximum absolute atomic E-state index is 12.5. The Hall–Kier alpha value is -3.88. The minimum atomic E-state index is -0.687. The first kappa shape index (κ1) is 24.8. The number of β-amino-alcohol motifs (C(OH)–C–C–N with tert-alkyl or cyclic N) is 1. The number of hydrogen-bond donors (Lipinski definition) is 3. The van der Waals surface area contributed by atoms with Gasteiger partial charge in [-0.15, -0.1) is 0 Å². The normalized spacial score (nSPS) is 15.6. The van der Waals surface area contributed by atoms with E-state index in [1.165, 1.54) is 0 Å². The molecule has 8 heteroatoms. The molecule has 4 N–H and O–H groups in total. The van der Waals surface area contributed by atoms with Crippen molar-refractivity contribution in [1.82, 2.24) is 14.5 Å². The van der Waals surface area contributed by atoms with Crippen LogP contribution in [-0.4, -0.2) is 57.8 Å². The van der Waals surface area contributed by atoms with Crippen molar-refractivity contribution in [2.75, 3.05) is 26.2 Å². The van der Waals surface area contributed by atoms with Gasteiger partial charge < -0.3 is 25.5 Å². The number of nitrogens with two attached hydrogens (primary N) is 1. The van der Waals surface area contributed by atoms with Crippen LogP contribution in [0.15, 0.2) is 71.5 Å². The van der Waals surface area contributed by atoms with Gasteiger partial charge >= 0.3 is 5.69 Å². The van der Waals surface area contributed by atoms with E-state index in [0.717, 1.165) is 48.1 Å². The second kappa shape index (κ2) is 10.6. The van der Waals surface area contributed by atoms with Gasteiger partial charge in [0.15, 0.2) is 0 Å². The first-order valence-electron chi connectivity index (χ1n) is 12.6. The Labute approximate surface area is 215 Å². The number of benzene rings is 3. The number of ether oxygens (including phenoxy) is 1. The number of fused-ring (bicyclic) bond motifs is 1. The van der Waals surface area contributed by atoms with E-state index < -0.39 is 12.0 Å². The zero-order valence-electron chi connectivity index (χ0n) is 20.9. The molecule has 0 radical (unpaired) electrons. The van der Waals surface area contributed by atoms with Crippen molar-refractivity contribution in [3.05, 3.63) is 88.3 Å². The molecule has 0 aliphatic carbocycles. The van der Waals surface area contributed by atoms with E-state index >= 15 is 0 Å². The third-order valence-electron chi connectivity index (χ3n) is 7.06. The van der Waals surface area contributed by atoms with Crippen LogP contribution in [-0.2, 0) is 0 Å². The summed E-state index contributed by atoms with van der Waals surface area (Å²) < 4.78 is 7.90. The molecular formula is C29H32N4O4. The summed E-state index contributed by atoms with van der Waals surface area (Å²) in [6.45, 7) is 4.13. The van der Waals surface area contributed by atoms with Crippen molar-refractivity contribution in [3.8, 4) is 16.9 Å². The number of imidazole rings is 1. The van der Waals surface area contributed by atoms with Crippen molar-refractivity contribution in [3.63, 3.8) is 0 Å². The van der Waals surface area contributed by atoms with E-state index in [4.69, 9.17) is 10.5 Å². The van der Waals surface area contributed by atoms with Crippen LogP contribution in [0.1, 0.15) is 34.8 Å². The van der Waals surface area contributed by atoms with E-state index in [-0.39, 0.29) is 18.3 Å². The number of amides is 1. The van der Waals surface area contributed by atoms with Gasteiger partial charge in [0.25, 0.3) is 0 Å². The molecule has 1 saturated heterocycles. The molecule has 4 aromatic rings. The van der Waals surface area contributed by atoms with Crippen LogP contribution in [0.4, 0.5) is 0 Å². The molecule has 1 amide bonds. The Morgan fingerprint density at radius 3 is 2.59 bits per heavy atom. The Morgan fingerprint density at radius 2 is 1.81 bits per heavy atom. The lowest BCUT2D eigenvalue weighted by Crippen LogP contribution is -2.42. The summed E-state index contributed by atoms with van der Waals surface area (Å²) in [6, 6.07) is 20.9. The molecule has 8 nitrogen and oxygen atoms in total. The third kappa shape index (κ3) is 5.30. The summed E-state index contributed by atoms with van der Waals surface area (Å²) in [7, 11) is 0. The smallest absolute Gasteiger partial charge is 0.326 e. The first-order chi connectivity index (χ1) is 17.9. The zero-order chi connectivity index (χ0) is 25.9. The lowest BCUT2D eigenvalue weighted by Gasteiger charge is -2.33. The number of aryl methyl sites for hydroxylation is 1. The standard InChI is InChI=1S/C29H32N4O4/c1-19-10-11-23(28(30)35)24(16-19)22-6-2-5-9-27(22)37-18-21(34)17-32-14-12-20(13-15-32)33-26-8-4-3-7-25(26)31-29(33)36/h2-11,16,20-21,34H,12-15,17-18H2,1H3,(H2,30,35)(H,31,36). The molecule has 1 aliphatic heterocycles. The average Bonchev–Trinajstić information content (AvgIpc) is 3.23. The van der Waals surface area contributed by atoms with Gasteiger partial charge in [-0.2, -0.15) is 0 Å². The summed E-state index contributed by atoms with van der Waals surface area (Å²) in [6.07, 6.45) is 0.983. The van der Waals surface area contributed by atoms with E-state index in [1.54, 1.807) is 6.07 Å². The van der Waals surface area contributed by atoms with Crippen molar-refractivity contribution in [2.45, 2.75) is 31.9 Å². The number of nitrogens with zero attached hydrogens (tertiary/aromatic N) is 2. The highest BCUT2D eigenvalue weighted by atomic mass is 16.5. The number of likely N-dealkylation sites (tertiary alicyclic amines) is 1. The summed E-state index contributed by atoms with van der Waals surface area (Å²) in [4.78, 5) is 29.7. The minimum Gasteiger partial charge on any atom is -0.490 e. The van der Waals surface area contributed by atoms with Crippen molar-refractivity contribution < 1.29 is 14.6 Å². The van der Waals surface area contributed by atoms with Crippen LogP contribution >= 0.6 is 0 Å². The monoisotopic (exact) mass is 500 g/mol. The molecule has 3 aromatic carbocycles. The van der Waals surface area contributed by atoms with E-state index in [0.29, 0.717) is 23.4 Å². The highest BCUT2D eigenvalue weighted by Gasteiger charge is 2.25. The lowest BCUT2D eigenvalue weighted by atomic mass is 9.96. The summed E-state index contributed by atoms with van der Waals surface area (Å²) >= 11 is 0. The number of hydrogen-bond acceptors (Lipinski definition) is 5. The van der Waals surface area contributed by atoms with Gasteiger partial charge in [-0.25, -0.2) is 4.79 Å². The number of aromatic nitrogens is 2. The van der Waals surface area contributed by atoms with E-state index in [9.17, 15) is 14.7 Å². The average molecular weight is 501 g/mol. The largest absolute Gasteiger partial charge is 0.490 e. The molecule has 0 bridgehead atoms. The number of para-hydroxylation sites is 3. The molecule has 1 unspecified atom stereocenters. The van der Waals surface area contributed by atoms with Gasteiger partial charge in [0.2, 0.25) is 5.91 Å². The van der Waals surface area contributed by atoms with Crippen molar-refractivity contribution in [1.29, 1.82) is 0 Å². The Bertz CT molecular complexity index is 1470. The van der Waals surface area contributed by atoms with E-state index in [1.807, 2.05) is 72.2 Å². The number of nitrogens with one attached hydrogen (secondary N) is 1. The summed E-state index contributed by atoms with van der Waals surface area (Å²) in [5.41, 5.74) is 10.2. The number of primary amides is 1. The summed E-state index contributed by atoms with van der Waals surface area (Å²) in [5.74, 6) is 0.0928. The maximum atomic E-state index is 12.5. The quantitative estimate of drug-likeness (QED) is 0.343. The molecule has 0 saturated carbocycles. The molecule has 37 heavy (non-hydrogen) atoms. The van der Waals surface area contributed by atoms with Crippen LogP contribution < -0.4 is 16.2 Å². The zero-order valence-corrected chi connectivity index (χ0v) is 20.9. The molecule has 0 spiro atoms. The fourth-order valence-corrected chi connectivity index (χ4v) is 5.24. The highest BCUT2D eigenvalue weighted by Crippen LogP contribution is 2.33. The Balaban J connectivity index is 1.20. The minimum absolute atomic E-state index is 0.0696. The molecule has 1 aromatic heterocycles. The molecule has 1 fully saturated rings. The molecule has 2 heterocycles. The van der Waals surface area contributed by atoms with Gasteiger partial charge in [-0.3, -0.25) is 9.36 Å². The number of H-pyrrole nitrogens is 1. The lowest BCUT2D eigenvalue weighted by molar-refractivity contribution is 0.0561. The maximum Gasteiger partial charge on any atom is 0.326 e. The highest BCUT2D eigenvalue weighted by molar-refractivity contribution is 6.00. The van der Waals surface area contributed by atoms with Gasteiger partial charge in [0, 0.05) is 36.8 Å². The van der Waals surface area contributed by atoms with E-state index in [2.05, 4.69) is 9.88 Å². The first-order valence-corrected chi connectivity index (χ1v) is 12.6. The number of aromatic amines is 1. The number of aliphatic hydroxyl groups is 1. The number of rotatable bonds is 8. The van der Waals surface area contributed by atoms with Crippen LogP contribution in [0.3, 0.4) is 0 Å². The predicted molar refractivity (Wildman–Crippen MR) is 144 cm³/mol. The predicted octanol–water partition coefficient (Wildman–Crippen LogP) is 3.48. The molecule has 1 aliphatic rings. The molecule has 192 valence electrons. The number of carbonyl (C=O) groups excluding carboxylic acids is 1. The van der Waals surface area contributed by atoms with Gasteiger partial charge in [0.05, 0.1) is 11.0 Å². The fourth-order valence-electron chi connectivity index (χ4n) is 5.24. The van der Waals surface area contributed by atoms with Crippen molar-refractivity contribution >= 4 is 16.9 Å². The van der Waals surface area contributed by atoms with Gasteiger partial charge in [-0.05, 0) is 49.6 Å². The summed E-state index contributed by atoms with van der Waals surface area (Å²) in [5, 5.41) is 10.7. The Morgan fingerprint density at radius 1 is 1.08 bits per heavy atom. The van der Waals surface area contributed by atoms with Crippen molar-refractivity contribution in [2.24, 2.45) is 5.73 Å². The third-order valence-corrected chi connectivity index (χ3v) is 7.06. The second-order valence-electron chi connectivity index (χ2n) is 9.72. The van der Waals surface area contributed by atoms with Crippen LogP contribution in [0.25, 0.3) is 22.2 Å². The number of aliphatic hydroxyl groups excluding tert-OH is 1. The second-order valence-corrected chi connectivity index (χ2v) is 9.72.